The molecule has 0 unspecified atom stereocenters. The molecule has 6 heteroatoms. The summed E-state index contributed by atoms with van der Waals surface area (Å²) in [5.41, 5.74) is 4.55. The zero-order chi connectivity index (χ0) is 28.7. The lowest BCUT2D eigenvalue weighted by molar-refractivity contribution is 0.256. The summed E-state index contributed by atoms with van der Waals surface area (Å²) in [6.07, 6.45) is 0. The molecular weight excluding hydrogens is 528 g/mol. The topological polar surface area (TPSA) is 81.3 Å². The quantitative estimate of drug-likeness (QED) is 0.168. The fourth-order valence-electron chi connectivity index (χ4n) is 4.76. The molecular formula is C36H30O6. The van der Waals surface area contributed by atoms with Gasteiger partial charge in [0.05, 0.1) is 12.2 Å². The van der Waals surface area contributed by atoms with E-state index in [0.29, 0.717) is 64.9 Å². The highest BCUT2D eigenvalue weighted by Crippen LogP contribution is 2.43. The first-order valence-corrected chi connectivity index (χ1v) is 13.7. The predicted octanol–water partition coefficient (Wildman–Crippen LogP) is 8.03. The van der Waals surface area contributed by atoms with E-state index in [9.17, 15) is 10.2 Å². The molecule has 0 saturated heterocycles. The van der Waals surface area contributed by atoms with Gasteiger partial charge in [0.2, 0.25) is 0 Å². The lowest BCUT2D eigenvalue weighted by atomic mass is 10.0. The predicted molar refractivity (Wildman–Crippen MR) is 162 cm³/mol. The molecule has 6 aromatic rings. The Labute approximate surface area is 244 Å². The Hall–Kier alpha value is -5.20. The second-order valence-electron chi connectivity index (χ2n) is 9.86. The third-order valence-corrected chi connectivity index (χ3v) is 6.95. The van der Waals surface area contributed by atoms with Crippen LogP contribution in [0.25, 0.3) is 22.3 Å². The van der Waals surface area contributed by atoms with Crippen LogP contribution < -0.4 is 14.2 Å². The van der Waals surface area contributed by atoms with Crippen molar-refractivity contribution >= 4 is 11.0 Å². The number of aromatic hydroxyl groups is 1. The fourth-order valence-corrected chi connectivity index (χ4v) is 4.76. The Morgan fingerprint density at radius 3 is 1.62 bits per heavy atom. The second kappa shape index (κ2) is 12.5. The number of ether oxygens (including phenoxy) is 3. The summed E-state index contributed by atoms with van der Waals surface area (Å²) in [6.45, 7) is 0.776. The highest BCUT2D eigenvalue weighted by Gasteiger charge is 2.21. The average Bonchev–Trinajstić information content (AvgIpc) is 3.40. The van der Waals surface area contributed by atoms with Gasteiger partial charge < -0.3 is 28.8 Å². The highest BCUT2D eigenvalue weighted by molar-refractivity contribution is 5.91. The molecule has 0 atom stereocenters. The zero-order valence-electron chi connectivity index (χ0n) is 22.9. The molecule has 0 saturated carbocycles. The minimum Gasteiger partial charge on any atom is -0.507 e. The van der Waals surface area contributed by atoms with Crippen LogP contribution in [0.3, 0.4) is 0 Å². The molecule has 0 bridgehead atoms. The molecule has 0 aliphatic heterocycles. The Balaban J connectivity index is 1.32. The molecule has 2 N–H and O–H groups in total. The van der Waals surface area contributed by atoms with Crippen molar-refractivity contribution in [1.82, 2.24) is 0 Å². The molecule has 0 aliphatic carbocycles. The van der Waals surface area contributed by atoms with Gasteiger partial charge in [-0.2, -0.15) is 0 Å². The van der Waals surface area contributed by atoms with Crippen molar-refractivity contribution in [3.63, 3.8) is 0 Å². The number of furan rings is 1. The van der Waals surface area contributed by atoms with E-state index in [4.69, 9.17) is 18.6 Å². The van der Waals surface area contributed by atoms with Gasteiger partial charge in [0.25, 0.3) is 0 Å². The van der Waals surface area contributed by atoms with Crippen LogP contribution in [-0.4, -0.2) is 10.2 Å². The van der Waals surface area contributed by atoms with Gasteiger partial charge in [-0.15, -0.1) is 0 Å². The van der Waals surface area contributed by atoms with Crippen LogP contribution in [0.2, 0.25) is 0 Å². The highest BCUT2D eigenvalue weighted by atomic mass is 16.5. The van der Waals surface area contributed by atoms with Gasteiger partial charge in [-0.1, -0.05) is 91.0 Å². The summed E-state index contributed by atoms with van der Waals surface area (Å²) in [6, 6.07) is 38.2. The Bertz CT molecular complexity index is 1760. The first-order chi connectivity index (χ1) is 20.7. The number of aliphatic hydroxyl groups is 1. The summed E-state index contributed by atoms with van der Waals surface area (Å²) in [5, 5.41) is 22.0. The lowest BCUT2D eigenvalue weighted by Crippen LogP contribution is -2.00. The molecule has 6 nitrogen and oxygen atoms in total. The van der Waals surface area contributed by atoms with Crippen molar-refractivity contribution in [2.24, 2.45) is 0 Å². The second-order valence-corrected chi connectivity index (χ2v) is 9.86. The molecule has 0 spiro atoms. The number of phenolic OH excluding ortho intramolecular Hbond substituents is 1. The molecule has 0 amide bonds. The lowest BCUT2D eigenvalue weighted by Gasteiger charge is -2.13. The maximum Gasteiger partial charge on any atom is 0.165 e. The number of rotatable bonds is 11. The summed E-state index contributed by atoms with van der Waals surface area (Å²) < 4.78 is 24.5. The minimum atomic E-state index is -0.295. The van der Waals surface area contributed by atoms with Gasteiger partial charge in [0, 0.05) is 23.1 Å². The van der Waals surface area contributed by atoms with Crippen molar-refractivity contribution in [2.45, 2.75) is 26.4 Å². The Morgan fingerprint density at radius 1 is 0.571 bits per heavy atom. The van der Waals surface area contributed by atoms with E-state index in [1.54, 1.807) is 24.3 Å². The van der Waals surface area contributed by atoms with E-state index in [1.165, 1.54) is 0 Å². The minimum absolute atomic E-state index is 0.0181. The van der Waals surface area contributed by atoms with Gasteiger partial charge in [0.1, 0.15) is 42.7 Å². The third-order valence-electron chi connectivity index (χ3n) is 6.95. The third kappa shape index (κ3) is 6.09. The van der Waals surface area contributed by atoms with E-state index in [2.05, 4.69) is 0 Å². The normalized spacial score (nSPS) is 11.0. The van der Waals surface area contributed by atoms with Gasteiger partial charge in [-0.3, -0.25) is 0 Å². The molecule has 42 heavy (non-hydrogen) atoms. The molecule has 0 fully saturated rings. The van der Waals surface area contributed by atoms with Crippen LogP contribution >= 0.6 is 0 Å². The first-order valence-electron chi connectivity index (χ1n) is 13.7. The van der Waals surface area contributed by atoms with Crippen molar-refractivity contribution < 1.29 is 28.8 Å². The summed E-state index contributed by atoms with van der Waals surface area (Å²) >= 11 is 0. The van der Waals surface area contributed by atoms with E-state index in [-0.39, 0.29) is 12.4 Å². The van der Waals surface area contributed by atoms with Gasteiger partial charge in [0.15, 0.2) is 11.5 Å². The fraction of sp³-hybridized carbons (Fsp3) is 0.111. The molecule has 0 radical (unpaired) electrons. The van der Waals surface area contributed by atoms with Crippen LogP contribution in [0.5, 0.6) is 23.0 Å². The van der Waals surface area contributed by atoms with Gasteiger partial charge in [-0.05, 0) is 34.9 Å². The standard InChI is InChI=1S/C36H30O6/c37-21-31-30-19-34(40-23-26-12-6-2-7-13-26)35(41-24-27-14-8-3-9-15-27)20-33(30)42-36(31)29-17-16-28(18-32(29)38)39-22-25-10-4-1-5-11-25/h1-20,37-38H,21-24H2. The first kappa shape index (κ1) is 27.0. The maximum atomic E-state index is 10.9. The SMILES string of the molecule is OCc1c(-c2ccc(OCc3ccccc3)cc2O)oc2cc(OCc3ccccc3)c(OCc3ccccc3)cc12. The van der Waals surface area contributed by atoms with Crippen LogP contribution in [0.1, 0.15) is 22.3 Å². The summed E-state index contributed by atoms with van der Waals surface area (Å²) in [4.78, 5) is 0. The van der Waals surface area contributed by atoms with Crippen molar-refractivity contribution in [1.29, 1.82) is 0 Å². The average molecular weight is 559 g/mol. The van der Waals surface area contributed by atoms with Crippen molar-refractivity contribution in [2.75, 3.05) is 0 Å². The van der Waals surface area contributed by atoms with Crippen LogP contribution in [-0.2, 0) is 26.4 Å². The van der Waals surface area contributed by atoms with E-state index in [1.807, 2.05) is 97.1 Å². The number of fused-ring (bicyclic) bond motifs is 1. The van der Waals surface area contributed by atoms with Crippen molar-refractivity contribution in [3.8, 4) is 34.3 Å². The molecule has 210 valence electrons. The van der Waals surface area contributed by atoms with E-state index < -0.39 is 0 Å². The van der Waals surface area contributed by atoms with Crippen LogP contribution in [0, 0.1) is 0 Å². The van der Waals surface area contributed by atoms with Gasteiger partial charge >= 0.3 is 0 Å². The summed E-state index contributed by atoms with van der Waals surface area (Å²) in [7, 11) is 0. The van der Waals surface area contributed by atoms with Crippen LogP contribution in [0.4, 0.5) is 0 Å². The van der Waals surface area contributed by atoms with E-state index in [0.717, 1.165) is 16.7 Å². The maximum absolute atomic E-state index is 10.9. The Morgan fingerprint density at radius 2 is 1.10 bits per heavy atom. The van der Waals surface area contributed by atoms with Gasteiger partial charge in [-0.25, -0.2) is 0 Å². The summed E-state index contributed by atoms with van der Waals surface area (Å²) in [5.74, 6) is 1.92. The number of hydrogen-bond donors (Lipinski definition) is 2. The smallest absolute Gasteiger partial charge is 0.165 e. The number of benzene rings is 5. The molecule has 5 aromatic carbocycles. The number of hydrogen-bond acceptors (Lipinski definition) is 6. The largest absolute Gasteiger partial charge is 0.507 e. The number of aliphatic hydroxyl groups excluding tert-OH is 1. The molecule has 0 aliphatic rings. The number of phenols is 1. The van der Waals surface area contributed by atoms with Crippen molar-refractivity contribution in [3.05, 3.63) is 144 Å². The monoisotopic (exact) mass is 558 g/mol. The molecule has 6 rings (SSSR count). The Kier molecular flexibility index (Phi) is 8.06. The molecule has 1 heterocycles. The van der Waals surface area contributed by atoms with Crippen LogP contribution in [0.15, 0.2) is 126 Å². The van der Waals surface area contributed by atoms with E-state index >= 15 is 0 Å². The molecule has 1 aromatic heterocycles. The zero-order valence-corrected chi connectivity index (χ0v) is 22.9.